The average molecular weight is 1950 g/mol. The summed E-state index contributed by atoms with van der Waals surface area (Å²) in [7, 11) is 10.2. The molecule has 0 aliphatic carbocycles. The summed E-state index contributed by atoms with van der Waals surface area (Å²) in [5.74, 6) is 1.33. The fourth-order valence-corrected chi connectivity index (χ4v) is 21.8. The van der Waals surface area contributed by atoms with Crippen LogP contribution in [0.15, 0.2) is 326 Å². The lowest BCUT2D eigenvalue weighted by molar-refractivity contribution is -0.660. The van der Waals surface area contributed by atoms with E-state index in [-0.39, 0.29) is 0 Å². The van der Waals surface area contributed by atoms with E-state index in [4.69, 9.17) is 54.9 Å². The van der Waals surface area contributed by atoms with Gasteiger partial charge in [-0.1, -0.05) is 211 Å². The summed E-state index contributed by atoms with van der Waals surface area (Å²) < 4.78 is 43.2. The molecule has 13 aromatic carbocycles. The van der Waals surface area contributed by atoms with Gasteiger partial charge in [0.05, 0.1) is 60.7 Å². The maximum atomic E-state index is 8.10. The molecule has 0 atom stereocenters. The van der Waals surface area contributed by atoms with Gasteiger partial charge in [-0.05, 0) is 242 Å². The zero-order chi connectivity index (χ0) is 105. The topological polar surface area (TPSA) is 107 Å². The van der Waals surface area contributed by atoms with Gasteiger partial charge in [-0.25, -0.2) is 47.1 Å². The van der Waals surface area contributed by atoms with Gasteiger partial charge in [-0.2, -0.15) is 0 Å². The van der Waals surface area contributed by atoms with Gasteiger partial charge in [0.25, 0.3) is 0 Å². The van der Waals surface area contributed by atoms with Crippen LogP contribution in [0.5, 0.6) is 0 Å². The quantitative estimate of drug-likeness (QED) is 0.0796. The van der Waals surface area contributed by atoms with Gasteiger partial charge in [0.1, 0.15) is 91.1 Å². The van der Waals surface area contributed by atoms with E-state index in [2.05, 4.69) is 369 Å². The maximum Gasteiger partial charge on any atom is 0.233 e. The molecule has 730 valence electrons. The predicted molar refractivity (Wildman–Crippen MR) is 608 cm³/mol. The van der Waals surface area contributed by atoms with Crippen molar-refractivity contribution in [3.63, 3.8) is 0 Å². The Labute approximate surface area is 870 Å². The lowest BCUT2D eigenvalue weighted by Gasteiger charge is -2.15. The lowest BCUT2D eigenvalue weighted by atomic mass is 9.90. The van der Waals surface area contributed by atoms with E-state index in [1.54, 1.807) is 0 Å². The van der Waals surface area contributed by atoms with Gasteiger partial charge in [0, 0.05) is 115 Å². The molecule has 0 saturated carbocycles. The summed E-state index contributed by atoms with van der Waals surface area (Å²) in [4.78, 5) is 19.3. The molecule has 149 heavy (non-hydrogen) atoms. The van der Waals surface area contributed by atoms with Gasteiger partial charge < -0.3 is 22.1 Å². The molecule has 0 bridgehead atoms. The minimum Gasteiger partial charge on any atom is -0.466 e. The van der Waals surface area contributed by atoms with Crippen molar-refractivity contribution in [2.24, 2.45) is 53.0 Å². The van der Waals surface area contributed by atoms with Crippen molar-refractivity contribution < 1.29 is 44.9 Å². The number of benzene rings is 13. The highest BCUT2D eigenvalue weighted by atomic mass is 16.3. The molecule has 0 amide bonds. The van der Waals surface area contributed by atoms with Crippen molar-refractivity contribution in [1.82, 2.24) is 0 Å². The first kappa shape index (κ1) is 99.8. The Morgan fingerprint density at radius 1 is 0.235 bits per heavy atom. The third kappa shape index (κ3) is 18.4. The Balaban J connectivity index is 0.000000118. The molecule has 10 heterocycles. The predicted octanol–water partition coefficient (Wildman–Crippen LogP) is 34.5. The average Bonchev–Trinajstić information content (AvgIpc) is 1.57. The maximum absolute atomic E-state index is 8.10. The Morgan fingerprint density at radius 2 is 0.570 bits per heavy atom. The van der Waals surface area contributed by atoms with Crippen LogP contribution in [0.25, 0.3) is 224 Å². The van der Waals surface area contributed by atoms with Crippen LogP contribution in [0, 0.1) is 113 Å². The largest absolute Gasteiger partial charge is 0.466 e. The summed E-state index contributed by atoms with van der Waals surface area (Å²) in [5.41, 5.74) is 41.9. The first-order chi connectivity index (χ1) is 72.0. The molecular formula is C134H119N10O5+5. The third-order valence-electron chi connectivity index (χ3n) is 28.9. The Morgan fingerprint density at radius 3 is 1.00 bits per heavy atom. The highest BCUT2D eigenvalue weighted by Gasteiger charge is 2.33. The van der Waals surface area contributed by atoms with Crippen molar-refractivity contribution in [1.29, 1.82) is 0 Å². The lowest BCUT2D eigenvalue weighted by Crippen LogP contribution is -2.30. The van der Waals surface area contributed by atoms with E-state index < -0.39 is 0 Å². The third-order valence-corrected chi connectivity index (χ3v) is 28.9. The Hall–Kier alpha value is -17.9. The molecule has 0 aliphatic heterocycles. The second kappa shape index (κ2) is 41.7. The van der Waals surface area contributed by atoms with Crippen molar-refractivity contribution in [3.8, 4) is 89.7 Å². The van der Waals surface area contributed by atoms with Crippen LogP contribution in [-0.2, 0) is 54.5 Å². The van der Waals surface area contributed by atoms with Crippen LogP contribution < -0.4 is 22.8 Å². The fraction of sp³-hybridized carbons (Fsp3) is 0.194. The first-order valence-corrected chi connectivity index (χ1v) is 50.8. The number of furan rings is 5. The van der Waals surface area contributed by atoms with Crippen LogP contribution in [0.3, 0.4) is 0 Å². The number of nitrogens with zero attached hydrogens (tertiary/aromatic N) is 10. The second-order valence-electron chi connectivity index (χ2n) is 40.6. The number of hydrogen-bond acceptors (Lipinski definition) is 5. The normalized spacial score (nSPS) is 11.3. The molecule has 0 N–H and O–H groups in total. The van der Waals surface area contributed by atoms with Gasteiger partial charge in [-0.15, -0.1) is 0 Å². The van der Waals surface area contributed by atoms with E-state index in [0.29, 0.717) is 62.9 Å². The van der Waals surface area contributed by atoms with E-state index in [1.165, 1.54) is 11.1 Å². The molecule has 0 spiro atoms. The zero-order valence-corrected chi connectivity index (χ0v) is 88.2. The Kier molecular flexibility index (Phi) is 27.9. The number of rotatable bonds is 14. The van der Waals surface area contributed by atoms with Crippen molar-refractivity contribution >= 4 is 138 Å². The number of hydrogen-bond donors (Lipinski definition) is 0. The summed E-state index contributed by atoms with van der Waals surface area (Å²) >= 11 is 0. The van der Waals surface area contributed by atoms with Gasteiger partial charge >= 0.3 is 0 Å². The number of aromatic nitrogens is 5. The Bertz CT molecular complexity index is 9520. The second-order valence-corrected chi connectivity index (χ2v) is 40.6. The SMILES string of the molecule is [C-]#[N+]c1c(C)cc2c(oc3c(-c4cccc[n+]4C)c(C)ccc32)c1C.[C-]#[N+]c1c(CC(C)C)c(-c2ccccc2)cc2c1oc1c(-c3cccc[n+]3C)c(C)ccc12.[C-]#[N+]c1c(CC(C)C)cc(-c2ccccc2)c2c1oc1c(-c3cccc[n+]3C)c(C)ccc12.[C-]#[N+]c1c(CC(C)C)ccc2c1oc1c(-c3cccc[n+]3C)c(C)cc(-c3ccccc3)c12.[C-]#[N+]c1cc(C)c2c(oc3c(-c4cccc[n+]4C)c(C)ccc32)c1C. The molecule has 23 aromatic rings. The molecule has 0 aliphatic rings. The number of fused-ring (bicyclic) bond motifs is 15. The summed E-state index contributed by atoms with van der Waals surface area (Å²) in [5, 5.41) is 10.6. The fourth-order valence-electron chi connectivity index (χ4n) is 21.8. The van der Waals surface area contributed by atoms with Gasteiger partial charge in [0.15, 0.2) is 42.4 Å². The molecule has 0 radical (unpaired) electrons. The summed E-state index contributed by atoms with van der Waals surface area (Å²) in [6, 6.07) is 94.3. The number of aryl methyl sites for hydroxylation is 14. The highest BCUT2D eigenvalue weighted by molar-refractivity contribution is 6.22. The number of pyridine rings is 5. The van der Waals surface area contributed by atoms with E-state index in [9.17, 15) is 0 Å². The molecular weight excluding hydrogens is 1830 g/mol. The van der Waals surface area contributed by atoms with E-state index in [1.807, 2.05) is 121 Å². The van der Waals surface area contributed by atoms with Crippen molar-refractivity contribution in [2.45, 2.75) is 123 Å². The molecule has 15 nitrogen and oxygen atoms in total. The van der Waals surface area contributed by atoms with Crippen LogP contribution in [-0.4, -0.2) is 0 Å². The monoisotopic (exact) mass is 1950 g/mol. The molecule has 0 fully saturated rings. The molecule has 10 aromatic heterocycles. The van der Waals surface area contributed by atoms with Crippen LogP contribution in [0.4, 0.5) is 28.4 Å². The molecule has 0 saturated heterocycles. The standard InChI is InChI=1S/3C30H27N2O.2C22H19N2O/c1-19(2)17-22-14-15-23-27-24(21-11-7-6-8-12-21)18-20(3)26(25-13-9-10-16-32(25)5)30(27)33-29(23)28(22)31-4;1-19(2)17-22-18-24(21-11-7-6-8-12-21)27-23-15-14-20(3)26(25-13-9-10-16-32(25)5)29(23)33-30(27)28(22)31-4;1-19(2)17-24-23(21-11-7-6-8-12-21)18-25-22-15-14-20(3)27(26-13-9-10-16-32(26)5)29(22)33-30(25)28(24)31-4;1-13-9-10-16-17-12-14(2)20(23-4)15(3)21(17)25-22(16)19(13)18-8-6-7-11-24(18)5;1-13-9-10-16-19-14(2)12-17(23-4)15(3)21(19)25-22(16)20(13)18-8-6-7-11-24(18)5/h3*6-16,18-19H,17H2,1-3,5H3;2*6-12H,1-3,5H3/q5*+1. The molecule has 15 heteroatoms. The van der Waals surface area contributed by atoms with Crippen molar-refractivity contribution in [2.75, 3.05) is 0 Å². The van der Waals surface area contributed by atoms with E-state index >= 15 is 0 Å². The van der Waals surface area contributed by atoms with Crippen LogP contribution in [0.2, 0.25) is 0 Å². The minimum absolute atomic E-state index is 0.427. The van der Waals surface area contributed by atoms with Crippen LogP contribution >= 0.6 is 0 Å². The van der Waals surface area contributed by atoms with Gasteiger partial charge in [-0.3, -0.25) is 0 Å². The van der Waals surface area contributed by atoms with E-state index in [0.717, 1.165) is 258 Å². The first-order valence-electron chi connectivity index (χ1n) is 50.8. The molecule has 0 unspecified atom stereocenters. The van der Waals surface area contributed by atoms with Crippen molar-refractivity contribution in [3.05, 3.63) is 428 Å². The molecule has 23 rings (SSSR count). The zero-order valence-electron chi connectivity index (χ0n) is 88.2. The van der Waals surface area contributed by atoms with Crippen LogP contribution in [0.1, 0.15) is 108 Å². The minimum atomic E-state index is 0.427. The smallest absolute Gasteiger partial charge is 0.233 e. The highest BCUT2D eigenvalue weighted by Crippen LogP contribution is 2.53. The summed E-state index contributed by atoms with van der Waals surface area (Å²) in [6.07, 6.45) is 12.8. The van der Waals surface area contributed by atoms with Gasteiger partial charge in [0.2, 0.25) is 45.5 Å². The summed E-state index contributed by atoms with van der Waals surface area (Å²) in [6.45, 7) is 70.6.